The van der Waals surface area contributed by atoms with Gasteiger partial charge in [0.15, 0.2) is 0 Å². The van der Waals surface area contributed by atoms with E-state index in [9.17, 15) is 9.59 Å². The highest BCUT2D eigenvalue weighted by molar-refractivity contribution is 8.18. The standard InChI is InChI=1S/C26H25ClN2O2S/c1-5-20-8-6-7-16(2)24(20)29-17(3)13-21(18(29)4)14-23-25(30)28(26(31)32-23)15-19-9-11-22(27)12-10-19/h6-14H,5,15H2,1-4H3/b23-14-. The number of rotatable bonds is 5. The van der Waals surface area contributed by atoms with Crippen LogP contribution >= 0.6 is 23.4 Å². The Morgan fingerprint density at radius 1 is 1.03 bits per heavy atom. The van der Waals surface area contributed by atoms with E-state index in [0.717, 1.165) is 40.7 Å². The van der Waals surface area contributed by atoms with Crippen molar-refractivity contribution in [3.05, 3.63) is 92.1 Å². The Balaban J connectivity index is 1.67. The fourth-order valence-corrected chi connectivity index (χ4v) is 5.11. The molecule has 0 bridgehead atoms. The second-order valence-electron chi connectivity index (χ2n) is 7.99. The van der Waals surface area contributed by atoms with Crippen molar-refractivity contribution < 1.29 is 9.59 Å². The van der Waals surface area contributed by atoms with Gasteiger partial charge in [0.2, 0.25) is 0 Å². The van der Waals surface area contributed by atoms with Crippen LogP contribution in [0.2, 0.25) is 5.02 Å². The molecule has 2 heterocycles. The average molecular weight is 465 g/mol. The van der Waals surface area contributed by atoms with E-state index < -0.39 is 0 Å². The van der Waals surface area contributed by atoms with Crippen molar-refractivity contribution in [2.45, 2.75) is 40.7 Å². The number of carbonyl (C=O) groups is 2. The van der Waals surface area contributed by atoms with Gasteiger partial charge in [-0.25, -0.2) is 0 Å². The zero-order chi connectivity index (χ0) is 23.0. The van der Waals surface area contributed by atoms with Crippen LogP contribution in [0.3, 0.4) is 0 Å². The summed E-state index contributed by atoms with van der Waals surface area (Å²) in [5.41, 5.74) is 7.64. The van der Waals surface area contributed by atoms with E-state index in [4.69, 9.17) is 11.6 Å². The lowest BCUT2D eigenvalue weighted by Crippen LogP contribution is -2.27. The fourth-order valence-electron chi connectivity index (χ4n) is 4.15. The summed E-state index contributed by atoms with van der Waals surface area (Å²) in [7, 11) is 0. The molecular formula is C26H25ClN2O2S. The number of benzene rings is 2. The van der Waals surface area contributed by atoms with Crippen LogP contribution in [0, 0.1) is 20.8 Å². The SMILES string of the molecule is CCc1cccc(C)c1-n1c(C)cc(/C=C2\SC(=O)N(Cc3ccc(Cl)cc3)C2=O)c1C. The van der Waals surface area contributed by atoms with Crippen LogP contribution in [-0.2, 0) is 17.8 Å². The predicted octanol–water partition coefficient (Wildman–Crippen LogP) is 6.85. The summed E-state index contributed by atoms with van der Waals surface area (Å²) in [6.07, 6.45) is 2.78. The van der Waals surface area contributed by atoms with Crippen LogP contribution in [-0.4, -0.2) is 20.6 Å². The molecule has 0 unspecified atom stereocenters. The number of aromatic nitrogens is 1. The summed E-state index contributed by atoms with van der Waals surface area (Å²) < 4.78 is 2.25. The molecule has 2 amide bonds. The van der Waals surface area contributed by atoms with Crippen LogP contribution in [0.15, 0.2) is 53.4 Å². The fraction of sp³-hybridized carbons (Fsp3) is 0.231. The zero-order valence-corrected chi connectivity index (χ0v) is 20.2. The monoisotopic (exact) mass is 464 g/mol. The van der Waals surface area contributed by atoms with Gasteiger partial charge in [0.25, 0.3) is 11.1 Å². The molecule has 0 aliphatic carbocycles. The third-order valence-corrected chi connectivity index (χ3v) is 6.97. The first kappa shape index (κ1) is 22.4. The lowest BCUT2D eigenvalue weighted by molar-refractivity contribution is -0.123. The molecule has 1 aliphatic heterocycles. The highest BCUT2D eigenvalue weighted by Crippen LogP contribution is 2.35. The van der Waals surface area contributed by atoms with Crippen molar-refractivity contribution in [3.63, 3.8) is 0 Å². The Morgan fingerprint density at radius 2 is 1.75 bits per heavy atom. The lowest BCUT2D eigenvalue weighted by Gasteiger charge is -2.17. The molecule has 4 nitrogen and oxygen atoms in total. The van der Waals surface area contributed by atoms with Crippen LogP contribution in [0.5, 0.6) is 0 Å². The number of carbonyl (C=O) groups excluding carboxylic acids is 2. The molecule has 0 saturated carbocycles. The molecule has 0 N–H and O–H groups in total. The summed E-state index contributed by atoms with van der Waals surface area (Å²) >= 11 is 6.93. The molecule has 2 aromatic carbocycles. The molecule has 0 spiro atoms. The minimum atomic E-state index is -0.259. The Kier molecular flexibility index (Phi) is 6.31. The molecule has 1 saturated heterocycles. The summed E-state index contributed by atoms with van der Waals surface area (Å²) in [5.74, 6) is -0.259. The van der Waals surface area contributed by atoms with Gasteiger partial charge in [-0.2, -0.15) is 0 Å². The van der Waals surface area contributed by atoms with E-state index >= 15 is 0 Å². The summed E-state index contributed by atoms with van der Waals surface area (Å²) in [6, 6.07) is 15.6. The predicted molar refractivity (Wildman–Crippen MR) is 132 cm³/mol. The number of hydrogen-bond donors (Lipinski definition) is 0. The number of thioether (sulfide) groups is 1. The molecule has 6 heteroatoms. The Morgan fingerprint density at radius 3 is 2.44 bits per heavy atom. The Bertz CT molecular complexity index is 1240. The molecule has 0 radical (unpaired) electrons. The maximum absolute atomic E-state index is 13.0. The number of aryl methyl sites for hydroxylation is 3. The van der Waals surface area contributed by atoms with Gasteiger partial charge >= 0.3 is 0 Å². The third-order valence-electron chi connectivity index (χ3n) is 5.81. The van der Waals surface area contributed by atoms with E-state index in [1.54, 1.807) is 12.1 Å². The van der Waals surface area contributed by atoms with Gasteiger partial charge in [0, 0.05) is 16.4 Å². The zero-order valence-electron chi connectivity index (χ0n) is 18.6. The highest BCUT2D eigenvalue weighted by atomic mass is 35.5. The molecule has 1 aromatic heterocycles. The number of hydrogen-bond acceptors (Lipinski definition) is 3. The normalized spacial score (nSPS) is 15.3. The second-order valence-corrected chi connectivity index (χ2v) is 9.42. The van der Waals surface area contributed by atoms with Crippen LogP contribution in [0.4, 0.5) is 4.79 Å². The molecule has 0 atom stereocenters. The molecule has 4 rings (SSSR count). The van der Waals surface area contributed by atoms with Gasteiger partial charge in [-0.1, -0.05) is 48.9 Å². The molecule has 1 fully saturated rings. The van der Waals surface area contributed by atoms with Crippen molar-refractivity contribution >= 4 is 40.6 Å². The first-order valence-electron chi connectivity index (χ1n) is 10.6. The first-order valence-corrected chi connectivity index (χ1v) is 11.8. The van der Waals surface area contributed by atoms with Gasteiger partial charge in [-0.15, -0.1) is 0 Å². The van der Waals surface area contributed by atoms with Gasteiger partial charge in [0.1, 0.15) is 0 Å². The lowest BCUT2D eigenvalue weighted by atomic mass is 10.1. The van der Waals surface area contributed by atoms with Gasteiger partial charge in [0.05, 0.1) is 17.1 Å². The quantitative estimate of drug-likeness (QED) is 0.387. The first-order chi connectivity index (χ1) is 15.3. The van der Waals surface area contributed by atoms with E-state index in [-0.39, 0.29) is 17.7 Å². The number of halogens is 1. The largest absolute Gasteiger partial charge is 0.317 e. The van der Waals surface area contributed by atoms with Crippen LogP contribution < -0.4 is 0 Å². The minimum Gasteiger partial charge on any atom is -0.317 e. The molecule has 164 valence electrons. The molecular weight excluding hydrogens is 440 g/mol. The Hall–Kier alpha value is -2.76. The Labute approximate surface area is 197 Å². The third kappa shape index (κ3) is 4.15. The van der Waals surface area contributed by atoms with Crippen molar-refractivity contribution in [3.8, 4) is 5.69 Å². The number of amides is 2. The summed E-state index contributed by atoms with van der Waals surface area (Å²) in [5, 5.41) is 0.371. The van der Waals surface area contributed by atoms with Gasteiger partial charge < -0.3 is 4.57 Å². The number of para-hydroxylation sites is 1. The average Bonchev–Trinajstić information content (AvgIpc) is 3.19. The minimum absolute atomic E-state index is 0.237. The van der Waals surface area contributed by atoms with E-state index in [0.29, 0.717) is 9.93 Å². The van der Waals surface area contributed by atoms with Gasteiger partial charge in [-0.05, 0) is 85.5 Å². The van der Waals surface area contributed by atoms with Crippen molar-refractivity contribution in [2.24, 2.45) is 0 Å². The van der Waals surface area contributed by atoms with Crippen molar-refractivity contribution in [2.75, 3.05) is 0 Å². The summed E-state index contributed by atoms with van der Waals surface area (Å²) in [4.78, 5) is 27.3. The van der Waals surface area contributed by atoms with Crippen molar-refractivity contribution in [1.29, 1.82) is 0 Å². The van der Waals surface area contributed by atoms with Crippen LogP contribution in [0.1, 0.15) is 40.6 Å². The number of imide groups is 1. The van der Waals surface area contributed by atoms with Crippen molar-refractivity contribution in [1.82, 2.24) is 9.47 Å². The van der Waals surface area contributed by atoms with E-state index in [1.807, 2.05) is 18.2 Å². The van der Waals surface area contributed by atoms with Crippen LogP contribution in [0.25, 0.3) is 11.8 Å². The summed E-state index contributed by atoms with van der Waals surface area (Å²) in [6.45, 7) is 8.64. The maximum Gasteiger partial charge on any atom is 0.293 e. The van der Waals surface area contributed by atoms with E-state index in [1.165, 1.54) is 21.7 Å². The molecule has 1 aliphatic rings. The van der Waals surface area contributed by atoms with E-state index in [2.05, 4.69) is 56.5 Å². The van der Waals surface area contributed by atoms with Gasteiger partial charge in [-0.3, -0.25) is 14.5 Å². The molecule has 32 heavy (non-hydrogen) atoms. The molecule has 3 aromatic rings. The smallest absolute Gasteiger partial charge is 0.293 e. The second kappa shape index (κ2) is 9.00. The topological polar surface area (TPSA) is 42.3 Å². The number of nitrogens with zero attached hydrogens (tertiary/aromatic N) is 2. The maximum atomic E-state index is 13.0. The highest BCUT2D eigenvalue weighted by Gasteiger charge is 2.35.